The van der Waals surface area contributed by atoms with Crippen molar-refractivity contribution >= 4 is 17.7 Å². The second kappa shape index (κ2) is 7.25. The molecule has 0 radical (unpaired) electrons. The number of carboxylic acid groups (broad SMARTS) is 1. The van der Waals surface area contributed by atoms with E-state index in [0.29, 0.717) is 5.56 Å². The molecule has 0 heterocycles. The van der Waals surface area contributed by atoms with E-state index in [1.54, 1.807) is 0 Å². The molecule has 0 aliphatic rings. The summed E-state index contributed by atoms with van der Waals surface area (Å²) in [6, 6.07) is 5.08. The standard InChI is InChI=1S/C13H14FNO4/c14-10-3-1-9(2-4-10)11(16)5-6-12(17)15-8-7-13(18)19/h1-4H,5-8H2,(H,15,17)(H,18,19). The molecule has 1 aromatic carbocycles. The quantitative estimate of drug-likeness (QED) is 0.731. The zero-order valence-electron chi connectivity index (χ0n) is 10.2. The highest BCUT2D eigenvalue weighted by Crippen LogP contribution is 2.07. The van der Waals surface area contributed by atoms with Gasteiger partial charge in [-0.05, 0) is 24.3 Å². The second-order valence-corrected chi connectivity index (χ2v) is 3.92. The molecule has 0 aliphatic heterocycles. The van der Waals surface area contributed by atoms with Crippen molar-refractivity contribution in [1.82, 2.24) is 5.32 Å². The van der Waals surface area contributed by atoms with Gasteiger partial charge in [0.05, 0.1) is 6.42 Å². The SMILES string of the molecule is O=C(O)CCNC(=O)CCC(=O)c1ccc(F)cc1. The van der Waals surface area contributed by atoms with Crippen molar-refractivity contribution in [1.29, 1.82) is 0 Å². The maximum atomic E-state index is 12.6. The lowest BCUT2D eigenvalue weighted by atomic mass is 10.1. The minimum Gasteiger partial charge on any atom is -0.481 e. The summed E-state index contributed by atoms with van der Waals surface area (Å²) in [5.41, 5.74) is 0.347. The molecule has 0 aliphatic carbocycles. The van der Waals surface area contributed by atoms with Crippen molar-refractivity contribution in [2.45, 2.75) is 19.3 Å². The molecule has 0 saturated carbocycles. The van der Waals surface area contributed by atoms with Crippen molar-refractivity contribution in [3.8, 4) is 0 Å². The molecule has 102 valence electrons. The molecule has 0 unspecified atom stereocenters. The van der Waals surface area contributed by atoms with E-state index in [-0.39, 0.29) is 37.5 Å². The lowest BCUT2D eigenvalue weighted by molar-refractivity contribution is -0.136. The number of hydrogen-bond acceptors (Lipinski definition) is 3. The number of carbonyl (C=O) groups excluding carboxylic acids is 2. The van der Waals surface area contributed by atoms with Gasteiger partial charge in [-0.1, -0.05) is 0 Å². The van der Waals surface area contributed by atoms with Gasteiger partial charge in [0.25, 0.3) is 0 Å². The van der Waals surface area contributed by atoms with Crippen LogP contribution in [0.2, 0.25) is 0 Å². The number of halogens is 1. The largest absolute Gasteiger partial charge is 0.481 e. The molecular weight excluding hydrogens is 253 g/mol. The summed E-state index contributed by atoms with van der Waals surface area (Å²) in [6.45, 7) is 0.0406. The van der Waals surface area contributed by atoms with Crippen LogP contribution >= 0.6 is 0 Å². The fourth-order valence-electron chi connectivity index (χ4n) is 1.40. The first-order valence-corrected chi connectivity index (χ1v) is 5.76. The maximum absolute atomic E-state index is 12.6. The number of benzene rings is 1. The fourth-order valence-corrected chi connectivity index (χ4v) is 1.40. The van der Waals surface area contributed by atoms with Crippen LogP contribution in [0.1, 0.15) is 29.6 Å². The van der Waals surface area contributed by atoms with E-state index in [4.69, 9.17) is 5.11 Å². The molecule has 6 heteroatoms. The normalized spacial score (nSPS) is 9.95. The molecule has 0 spiro atoms. The summed E-state index contributed by atoms with van der Waals surface area (Å²) in [6.07, 6.45) is -0.169. The molecule has 0 bridgehead atoms. The van der Waals surface area contributed by atoms with Gasteiger partial charge >= 0.3 is 5.97 Å². The van der Waals surface area contributed by atoms with Crippen LogP contribution in [0.25, 0.3) is 0 Å². The van der Waals surface area contributed by atoms with Crippen molar-refractivity contribution in [3.05, 3.63) is 35.6 Å². The number of Topliss-reactive ketones (excluding diaryl/α,β-unsaturated/α-hetero) is 1. The molecule has 1 rings (SSSR count). The molecule has 2 N–H and O–H groups in total. The summed E-state index contributed by atoms with van der Waals surface area (Å²) in [7, 11) is 0. The zero-order chi connectivity index (χ0) is 14.3. The predicted octanol–water partition coefficient (Wildman–Crippen LogP) is 1.38. The molecule has 0 aromatic heterocycles. The molecular formula is C13H14FNO4. The lowest BCUT2D eigenvalue weighted by Gasteiger charge is -2.03. The topological polar surface area (TPSA) is 83.5 Å². The van der Waals surface area contributed by atoms with E-state index in [9.17, 15) is 18.8 Å². The highest BCUT2D eigenvalue weighted by Gasteiger charge is 2.09. The Morgan fingerprint density at radius 3 is 2.26 bits per heavy atom. The lowest BCUT2D eigenvalue weighted by Crippen LogP contribution is -2.26. The molecule has 5 nitrogen and oxygen atoms in total. The third kappa shape index (κ3) is 5.76. The van der Waals surface area contributed by atoms with Crippen LogP contribution < -0.4 is 5.32 Å². The Morgan fingerprint density at radius 1 is 1.05 bits per heavy atom. The van der Waals surface area contributed by atoms with Crippen molar-refractivity contribution in [2.24, 2.45) is 0 Å². The Balaban J connectivity index is 2.31. The van der Waals surface area contributed by atoms with Crippen LogP contribution in [-0.2, 0) is 9.59 Å². The molecule has 1 aromatic rings. The molecule has 0 fully saturated rings. The first-order chi connectivity index (χ1) is 8.99. The molecule has 1 amide bonds. The van der Waals surface area contributed by atoms with Gasteiger partial charge in [0.2, 0.25) is 5.91 Å². The van der Waals surface area contributed by atoms with Crippen LogP contribution in [0.3, 0.4) is 0 Å². The van der Waals surface area contributed by atoms with E-state index < -0.39 is 11.8 Å². The third-order valence-electron chi connectivity index (χ3n) is 2.41. The summed E-state index contributed by atoms with van der Waals surface area (Å²) in [5.74, 6) is -2.06. The van der Waals surface area contributed by atoms with E-state index in [1.165, 1.54) is 24.3 Å². The predicted molar refractivity (Wildman–Crippen MR) is 65.2 cm³/mol. The Morgan fingerprint density at radius 2 is 1.68 bits per heavy atom. The summed E-state index contributed by atoms with van der Waals surface area (Å²) in [4.78, 5) is 33.2. The molecule has 19 heavy (non-hydrogen) atoms. The smallest absolute Gasteiger partial charge is 0.305 e. The fraction of sp³-hybridized carbons (Fsp3) is 0.308. The van der Waals surface area contributed by atoms with Gasteiger partial charge in [0.1, 0.15) is 5.82 Å². The summed E-state index contributed by atoms with van der Waals surface area (Å²) >= 11 is 0. The van der Waals surface area contributed by atoms with Gasteiger partial charge in [-0.2, -0.15) is 0 Å². The number of nitrogens with one attached hydrogen (secondary N) is 1. The number of carboxylic acids is 1. The van der Waals surface area contributed by atoms with E-state index in [2.05, 4.69) is 5.32 Å². The highest BCUT2D eigenvalue weighted by molar-refractivity contribution is 5.97. The minimum atomic E-state index is -0.998. The summed E-state index contributed by atoms with van der Waals surface area (Å²) < 4.78 is 12.6. The van der Waals surface area contributed by atoms with E-state index in [0.717, 1.165) is 0 Å². The van der Waals surface area contributed by atoms with E-state index >= 15 is 0 Å². The number of rotatable bonds is 7. The van der Waals surface area contributed by atoms with Crippen molar-refractivity contribution in [2.75, 3.05) is 6.54 Å². The van der Waals surface area contributed by atoms with E-state index in [1.807, 2.05) is 0 Å². The average molecular weight is 267 g/mol. The number of ketones is 1. The number of aliphatic carboxylic acids is 1. The van der Waals surface area contributed by atoms with Gasteiger partial charge in [-0.3, -0.25) is 14.4 Å². The van der Waals surface area contributed by atoms with Gasteiger partial charge < -0.3 is 10.4 Å². The van der Waals surface area contributed by atoms with Crippen LogP contribution in [0, 0.1) is 5.82 Å². The average Bonchev–Trinajstić information content (AvgIpc) is 2.36. The second-order valence-electron chi connectivity index (χ2n) is 3.92. The van der Waals surface area contributed by atoms with Crippen molar-refractivity contribution < 1.29 is 23.9 Å². The number of hydrogen-bond donors (Lipinski definition) is 2. The van der Waals surface area contributed by atoms with Crippen LogP contribution in [0.5, 0.6) is 0 Å². The Bertz CT molecular complexity index is 470. The maximum Gasteiger partial charge on any atom is 0.305 e. The summed E-state index contributed by atoms with van der Waals surface area (Å²) in [5, 5.41) is 10.8. The van der Waals surface area contributed by atoms with Gasteiger partial charge in [0, 0.05) is 24.9 Å². The molecule has 0 atom stereocenters. The van der Waals surface area contributed by atoms with Crippen LogP contribution in [0.4, 0.5) is 4.39 Å². The van der Waals surface area contributed by atoms with Crippen LogP contribution in [0.15, 0.2) is 24.3 Å². The van der Waals surface area contributed by atoms with Crippen LogP contribution in [-0.4, -0.2) is 29.3 Å². The Labute approximate surface area is 109 Å². The van der Waals surface area contributed by atoms with Gasteiger partial charge in [-0.25, -0.2) is 4.39 Å². The first-order valence-electron chi connectivity index (χ1n) is 5.76. The third-order valence-corrected chi connectivity index (χ3v) is 2.41. The number of carbonyl (C=O) groups is 3. The highest BCUT2D eigenvalue weighted by atomic mass is 19.1. The van der Waals surface area contributed by atoms with Crippen molar-refractivity contribution in [3.63, 3.8) is 0 Å². The number of amides is 1. The monoisotopic (exact) mass is 267 g/mol. The Hall–Kier alpha value is -2.24. The zero-order valence-corrected chi connectivity index (χ0v) is 10.2. The minimum absolute atomic E-state index is 0.00450. The first kappa shape index (κ1) is 14.8. The molecule has 0 saturated heterocycles. The van der Waals surface area contributed by atoms with Gasteiger partial charge in [0.15, 0.2) is 5.78 Å². The van der Waals surface area contributed by atoms with Gasteiger partial charge in [-0.15, -0.1) is 0 Å². The Kier molecular flexibility index (Phi) is 5.66.